The maximum Gasteiger partial charge on any atom is 0.263 e. The van der Waals surface area contributed by atoms with Gasteiger partial charge in [-0.2, -0.15) is 0 Å². The van der Waals surface area contributed by atoms with Gasteiger partial charge in [-0.1, -0.05) is 102 Å². The average molecular weight is 989 g/mol. The van der Waals surface area contributed by atoms with Crippen molar-refractivity contribution in [2.75, 3.05) is 145 Å². The van der Waals surface area contributed by atoms with E-state index < -0.39 is 12.2 Å². The van der Waals surface area contributed by atoms with Gasteiger partial charge >= 0.3 is 0 Å². The maximum absolute atomic E-state index is 14.4. The molecule has 2 atom stereocenters. The molecule has 4 rings (SSSR count). The van der Waals surface area contributed by atoms with Crippen molar-refractivity contribution in [1.82, 2.24) is 9.80 Å². The number of nitrogens with zero attached hydrogens (tertiary/aromatic N) is 2. The molecule has 2 saturated heterocycles. The first-order valence-electron chi connectivity index (χ1n) is 26.6. The molecule has 70 heavy (non-hydrogen) atoms. The molecule has 2 fully saturated rings. The number of benzene rings is 2. The summed E-state index contributed by atoms with van der Waals surface area (Å²) in [5.41, 5.74) is 0. The molecule has 0 spiro atoms. The Morgan fingerprint density at radius 3 is 0.986 bits per heavy atom. The average Bonchev–Trinajstić information content (AvgIpc) is 3.40. The van der Waals surface area contributed by atoms with E-state index in [1.54, 1.807) is 9.80 Å². The minimum absolute atomic E-state index is 0.114. The van der Waals surface area contributed by atoms with Crippen LogP contribution >= 0.6 is 0 Å². The molecule has 0 bridgehead atoms. The minimum Gasteiger partial charge on any atom is -0.486 e. The topological polar surface area (TPSA) is 151 Å². The van der Waals surface area contributed by atoms with E-state index in [-0.39, 0.29) is 25.0 Å². The van der Waals surface area contributed by atoms with E-state index in [1.165, 1.54) is 38.5 Å². The molecule has 2 amide bonds. The molecule has 2 aromatic carbocycles. The Labute approximate surface area is 419 Å². The van der Waals surface area contributed by atoms with Gasteiger partial charge in [0.15, 0.2) is 35.2 Å². The third-order valence-electron chi connectivity index (χ3n) is 11.9. The van der Waals surface area contributed by atoms with Crippen molar-refractivity contribution in [2.24, 2.45) is 0 Å². The third kappa shape index (κ3) is 26.1. The van der Waals surface area contributed by atoms with Gasteiger partial charge in [-0.25, -0.2) is 0 Å². The van der Waals surface area contributed by atoms with E-state index in [1.807, 2.05) is 48.5 Å². The largest absolute Gasteiger partial charge is 0.486 e. The molecule has 0 aliphatic carbocycles. The van der Waals surface area contributed by atoms with E-state index in [2.05, 4.69) is 13.8 Å². The summed E-state index contributed by atoms with van der Waals surface area (Å²) in [7, 11) is 0. The molecule has 2 unspecified atom stereocenters. The Morgan fingerprint density at radius 1 is 0.400 bits per heavy atom. The van der Waals surface area contributed by atoms with Crippen LogP contribution in [0.2, 0.25) is 0 Å². The molecule has 16 nitrogen and oxygen atoms in total. The zero-order chi connectivity index (χ0) is 49.4. The van der Waals surface area contributed by atoms with Crippen LogP contribution in [-0.4, -0.2) is 179 Å². The standard InChI is InChI=1S/C54H88N2O14/c1-3-5-7-9-11-13-23-51(53(57)55-25-29-59-33-37-63-41-42-64-38-34-60-30-26-55)69-49-21-17-15-19-47(49)67-45-46-68-48-20-16-18-22-50(48)70-52(24-14-12-10-8-6-4-2)54(58)56-27-31-61-35-39-65-43-44-66-40-36-62-32-28-56/h15-22,51-52H,3-14,23-46H2,1-2H3. The predicted octanol–water partition coefficient (Wildman–Crippen LogP) is 7.96. The van der Waals surface area contributed by atoms with E-state index in [0.717, 1.165) is 38.5 Å². The van der Waals surface area contributed by atoms with Crippen LogP contribution in [0, 0.1) is 0 Å². The Bertz CT molecular complexity index is 1460. The second-order valence-electron chi connectivity index (χ2n) is 17.5. The third-order valence-corrected chi connectivity index (χ3v) is 11.9. The number of ether oxygens (including phenoxy) is 12. The molecule has 2 aromatic rings. The van der Waals surface area contributed by atoms with Gasteiger partial charge in [-0.05, 0) is 49.9 Å². The summed E-state index contributed by atoms with van der Waals surface area (Å²) in [6.45, 7) is 13.4. The highest BCUT2D eigenvalue weighted by molar-refractivity contribution is 5.82. The van der Waals surface area contributed by atoms with E-state index in [4.69, 9.17) is 56.8 Å². The minimum atomic E-state index is -0.735. The summed E-state index contributed by atoms with van der Waals surface area (Å²) in [4.78, 5) is 32.3. The highest BCUT2D eigenvalue weighted by Gasteiger charge is 2.29. The van der Waals surface area contributed by atoms with Crippen LogP contribution in [0.4, 0.5) is 0 Å². The first-order chi connectivity index (χ1) is 34.6. The highest BCUT2D eigenvalue weighted by Crippen LogP contribution is 2.31. The lowest BCUT2D eigenvalue weighted by Gasteiger charge is -2.28. The van der Waals surface area contributed by atoms with Crippen molar-refractivity contribution < 1.29 is 66.4 Å². The molecular formula is C54H88N2O14. The fraction of sp³-hybridized carbons (Fsp3) is 0.741. The van der Waals surface area contributed by atoms with Gasteiger partial charge in [0.25, 0.3) is 11.8 Å². The van der Waals surface area contributed by atoms with Crippen molar-refractivity contribution in [2.45, 2.75) is 116 Å². The Kier molecular flexibility index (Phi) is 33.5. The van der Waals surface area contributed by atoms with Crippen LogP contribution in [0.15, 0.2) is 48.5 Å². The van der Waals surface area contributed by atoms with Crippen molar-refractivity contribution in [3.8, 4) is 23.0 Å². The normalized spacial score (nSPS) is 18.0. The second kappa shape index (κ2) is 39.8. The summed E-state index contributed by atoms with van der Waals surface area (Å²) >= 11 is 0. The molecule has 2 aliphatic rings. The summed E-state index contributed by atoms with van der Waals surface area (Å²) in [6, 6.07) is 14.9. The van der Waals surface area contributed by atoms with E-state index >= 15 is 0 Å². The van der Waals surface area contributed by atoms with Gasteiger partial charge in [0.05, 0.1) is 106 Å². The van der Waals surface area contributed by atoms with Gasteiger partial charge in [-0.3, -0.25) is 9.59 Å². The Hall–Kier alpha value is -3.74. The zero-order valence-electron chi connectivity index (χ0n) is 42.8. The van der Waals surface area contributed by atoms with E-state index in [9.17, 15) is 9.59 Å². The number of unbranched alkanes of at least 4 members (excludes halogenated alkanes) is 10. The fourth-order valence-corrected chi connectivity index (χ4v) is 7.92. The number of hydrogen-bond acceptors (Lipinski definition) is 14. The Balaban J connectivity index is 1.42. The van der Waals surface area contributed by atoms with Crippen LogP contribution in [0.5, 0.6) is 23.0 Å². The molecule has 0 saturated carbocycles. The lowest BCUT2D eigenvalue weighted by atomic mass is 10.1. The number of carbonyl (C=O) groups is 2. The monoisotopic (exact) mass is 989 g/mol. The van der Waals surface area contributed by atoms with Crippen LogP contribution in [0.3, 0.4) is 0 Å². The summed E-state index contributed by atoms with van der Waals surface area (Å²) in [5.74, 6) is 1.74. The lowest BCUT2D eigenvalue weighted by Crippen LogP contribution is -2.45. The molecule has 0 aromatic heterocycles. The van der Waals surface area contributed by atoms with Gasteiger partial charge < -0.3 is 66.6 Å². The zero-order valence-corrected chi connectivity index (χ0v) is 42.8. The molecule has 398 valence electrons. The first-order valence-corrected chi connectivity index (χ1v) is 26.6. The molecular weight excluding hydrogens is 901 g/mol. The van der Waals surface area contributed by atoms with Gasteiger partial charge in [0, 0.05) is 26.2 Å². The predicted molar refractivity (Wildman–Crippen MR) is 268 cm³/mol. The van der Waals surface area contributed by atoms with Crippen LogP contribution in [0.25, 0.3) is 0 Å². The summed E-state index contributed by atoms with van der Waals surface area (Å²) in [5, 5.41) is 0. The van der Waals surface area contributed by atoms with Crippen molar-refractivity contribution in [3.05, 3.63) is 48.5 Å². The molecule has 0 N–H and O–H groups in total. The molecule has 2 aliphatic heterocycles. The smallest absolute Gasteiger partial charge is 0.263 e. The van der Waals surface area contributed by atoms with Crippen LogP contribution < -0.4 is 18.9 Å². The molecule has 0 radical (unpaired) electrons. The number of para-hydroxylation sites is 4. The second-order valence-corrected chi connectivity index (χ2v) is 17.5. The first kappa shape index (κ1) is 58.8. The van der Waals surface area contributed by atoms with Crippen LogP contribution in [0.1, 0.15) is 104 Å². The lowest BCUT2D eigenvalue weighted by molar-refractivity contribution is -0.141. The van der Waals surface area contributed by atoms with Gasteiger partial charge in [0.2, 0.25) is 0 Å². The van der Waals surface area contributed by atoms with Crippen molar-refractivity contribution in [3.63, 3.8) is 0 Å². The summed E-state index contributed by atoms with van der Waals surface area (Å²) < 4.78 is 71.6. The maximum atomic E-state index is 14.4. The number of rotatable bonds is 25. The summed E-state index contributed by atoms with van der Waals surface area (Å²) in [6.07, 6.45) is 12.7. The van der Waals surface area contributed by atoms with Crippen molar-refractivity contribution in [1.29, 1.82) is 0 Å². The number of hydrogen-bond donors (Lipinski definition) is 0. The van der Waals surface area contributed by atoms with Gasteiger partial charge in [0.1, 0.15) is 13.2 Å². The number of amides is 2. The quantitative estimate of drug-likeness (QED) is 0.0885. The molecule has 16 heteroatoms. The van der Waals surface area contributed by atoms with E-state index in [0.29, 0.717) is 168 Å². The molecule has 2 heterocycles. The van der Waals surface area contributed by atoms with Crippen molar-refractivity contribution >= 4 is 11.8 Å². The van der Waals surface area contributed by atoms with Crippen LogP contribution in [-0.2, 0) is 47.5 Å². The number of carbonyl (C=O) groups excluding carboxylic acids is 2. The SMILES string of the molecule is CCCCCCCCC(Oc1ccccc1OCCOc1ccccc1OC(CCCCCCCC)C(=O)N1CCOCCOCCOCCOCC1)C(=O)N1CCOCCOCCOCCOCC1. The highest BCUT2D eigenvalue weighted by atomic mass is 16.6. The fourth-order valence-electron chi connectivity index (χ4n) is 7.92. The Morgan fingerprint density at radius 2 is 0.671 bits per heavy atom. The van der Waals surface area contributed by atoms with Gasteiger partial charge in [-0.15, -0.1) is 0 Å².